The fourth-order valence-corrected chi connectivity index (χ4v) is 2.51. The van der Waals surface area contributed by atoms with E-state index in [0.717, 1.165) is 11.8 Å². The molecule has 0 aliphatic rings. The van der Waals surface area contributed by atoms with Crippen molar-refractivity contribution in [3.63, 3.8) is 0 Å². The van der Waals surface area contributed by atoms with Crippen LogP contribution in [-0.4, -0.2) is 31.5 Å². The Morgan fingerprint density at radius 1 is 1.52 bits per heavy atom. The third-order valence-corrected chi connectivity index (χ3v) is 4.13. The van der Waals surface area contributed by atoms with E-state index in [9.17, 15) is 4.79 Å². The SMILES string of the molecule is CC[C@H](Sc1n[nH]c(COc2ccccc2Cl)n1)C(=O)O. The van der Waals surface area contributed by atoms with Gasteiger partial charge in [-0.05, 0) is 18.6 Å². The van der Waals surface area contributed by atoms with Gasteiger partial charge < -0.3 is 9.84 Å². The van der Waals surface area contributed by atoms with Gasteiger partial charge in [-0.3, -0.25) is 9.89 Å². The van der Waals surface area contributed by atoms with Crippen molar-refractivity contribution in [1.82, 2.24) is 15.2 Å². The van der Waals surface area contributed by atoms with Gasteiger partial charge in [0.1, 0.15) is 17.6 Å². The number of nitrogens with one attached hydrogen (secondary N) is 1. The summed E-state index contributed by atoms with van der Waals surface area (Å²) >= 11 is 7.09. The lowest BCUT2D eigenvalue weighted by Crippen LogP contribution is -2.14. The van der Waals surface area contributed by atoms with E-state index in [2.05, 4.69) is 15.2 Å². The zero-order valence-corrected chi connectivity index (χ0v) is 12.8. The number of nitrogens with zero attached hydrogens (tertiary/aromatic N) is 2. The van der Waals surface area contributed by atoms with Crippen molar-refractivity contribution in [3.8, 4) is 5.75 Å². The lowest BCUT2D eigenvalue weighted by Gasteiger charge is -2.05. The van der Waals surface area contributed by atoms with E-state index in [1.807, 2.05) is 12.1 Å². The standard InChI is InChI=1S/C13H14ClN3O3S/c1-2-10(12(18)19)21-13-15-11(16-17-13)7-20-9-6-4-3-5-8(9)14/h3-6,10H,2,7H2,1H3,(H,18,19)(H,15,16,17)/t10-/m0/s1. The number of hydrogen-bond acceptors (Lipinski definition) is 5. The molecule has 8 heteroatoms. The minimum atomic E-state index is -0.874. The van der Waals surface area contributed by atoms with Gasteiger partial charge in [0.05, 0.1) is 5.02 Å². The molecule has 0 saturated heterocycles. The number of aliphatic carboxylic acids is 1. The second kappa shape index (κ2) is 7.33. The number of aromatic nitrogens is 3. The third-order valence-electron chi connectivity index (χ3n) is 2.61. The Morgan fingerprint density at radius 2 is 2.29 bits per heavy atom. The predicted octanol–water partition coefficient (Wildman–Crippen LogP) is 2.99. The smallest absolute Gasteiger partial charge is 0.317 e. The molecule has 2 N–H and O–H groups in total. The maximum absolute atomic E-state index is 11.0. The van der Waals surface area contributed by atoms with Crippen LogP contribution < -0.4 is 4.74 Å². The quantitative estimate of drug-likeness (QED) is 0.760. The first-order chi connectivity index (χ1) is 10.1. The maximum atomic E-state index is 11.0. The molecule has 1 atom stereocenters. The van der Waals surface area contributed by atoms with E-state index in [1.165, 1.54) is 0 Å². The molecule has 0 aliphatic heterocycles. The fourth-order valence-electron chi connectivity index (χ4n) is 1.54. The summed E-state index contributed by atoms with van der Waals surface area (Å²) in [5, 5.41) is 16.0. The summed E-state index contributed by atoms with van der Waals surface area (Å²) < 4.78 is 5.52. The molecule has 1 aromatic carbocycles. The normalized spacial score (nSPS) is 12.1. The van der Waals surface area contributed by atoms with E-state index in [-0.39, 0.29) is 6.61 Å². The Morgan fingerprint density at radius 3 is 2.95 bits per heavy atom. The van der Waals surface area contributed by atoms with E-state index >= 15 is 0 Å². The Balaban J connectivity index is 1.94. The molecule has 0 spiro atoms. The summed E-state index contributed by atoms with van der Waals surface area (Å²) in [4.78, 5) is 15.2. The first-order valence-electron chi connectivity index (χ1n) is 6.28. The number of rotatable bonds is 7. The number of para-hydroxylation sites is 1. The van der Waals surface area contributed by atoms with Crippen LogP contribution >= 0.6 is 23.4 Å². The average molecular weight is 328 g/mol. The second-order valence-corrected chi connectivity index (χ2v) is 5.71. The van der Waals surface area contributed by atoms with Gasteiger partial charge in [0.2, 0.25) is 5.16 Å². The lowest BCUT2D eigenvalue weighted by molar-refractivity contribution is -0.136. The number of ether oxygens (including phenoxy) is 1. The molecule has 0 aliphatic carbocycles. The van der Waals surface area contributed by atoms with Gasteiger partial charge in [0, 0.05) is 0 Å². The van der Waals surface area contributed by atoms with Gasteiger partial charge >= 0.3 is 5.97 Å². The van der Waals surface area contributed by atoms with Gasteiger partial charge in [0.15, 0.2) is 5.82 Å². The monoisotopic (exact) mass is 327 g/mol. The molecule has 6 nitrogen and oxygen atoms in total. The molecule has 0 fully saturated rings. The van der Waals surface area contributed by atoms with Crippen molar-refractivity contribution in [3.05, 3.63) is 35.1 Å². The minimum absolute atomic E-state index is 0.182. The molecular formula is C13H14ClN3O3S. The van der Waals surface area contributed by atoms with Crippen molar-refractivity contribution < 1.29 is 14.6 Å². The van der Waals surface area contributed by atoms with E-state index in [1.54, 1.807) is 19.1 Å². The molecule has 21 heavy (non-hydrogen) atoms. The highest BCUT2D eigenvalue weighted by molar-refractivity contribution is 8.00. The van der Waals surface area contributed by atoms with Crippen molar-refractivity contribution in [2.24, 2.45) is 0 Å². The molecule has 2 aromatic rings. The second-order valence-electron chi connectivity index (χ2n) is 4.14. The molecule has 0 amide bonds. The van der Waals surface area contributed by atoms with Crippen LogP contribution in [-0.2, 0) is 11.4 Å². The Bertz CT molecular complexity index is 620. The molecule has 0 radical (unpaired) electrons. The van der Waals surface area contributed by atoms with Crippen LogP contribution in [0.15, 0.2) is 29.4 Å². The highest BCUT2D eigenvalue weighted by Gasteiger charge is 2.19. The van der Waals surface area contributed by atoms with Gasteiger partial charge in [-0.1, -0.05) is 42.4 Å². The summed E-state index contributed by atoms with van der Waals surface area (Å²) in [6.45, 7) is 1.99. The molecule has 0 saturated carbocycles. The van der Waals surface area contributed by atoms with Crippen LogP contribution in [0, 0.1) is 0 Å². The van der Waals surface area contributed by atoms with Gasteiger partial charge in [-0.2, -0.15) is 0 Å². The molecule has 1 aromatic heterocycles. The molecule has 2 rings (SSSR count). The summed E-state index contributed by atoms with van der Waals surface area (Å²) in [5.41, 5.74) is 0. The Hall–Kier alpha value is -1.73. The third kappa shape index (κ3) is 4.37. The fraction of sp³-hybridized carbons (Fsp3) is 0.308. The topological polar surface area (TPSA) is 88.1 Å². The van der Waals surface area contributed by atoms with Crippen molar-refractivity contribution in [2.75, 3.05) is 0 Å². The number of carboxylic acid groups (broad SMARTS) is 1. The zero-order chi connectivity index (χ0) is 15.2. The average Bonchev–Trinajstić information content (AvgIpc) is 2.91. The van der Waals surface area contributed by atoms with Crippen molar-refractivity contribution in [2.45, 2.75) is 30.4 Å². The van der Waals surface area contributed by atoms with Crippen LogP contribution in [0.3, 0.4) is 0 Å². The van der Waals surface area contributed by atoms with Crippen molar-refractivity contribution in [1.29, 1.82) is 0 Å². The Labute approximate surface area is 130 Å². The number of hydrogen-bond donors (Lipinski definition) is 2. The highest BCUT2D eigenvalue weighted by atomic mass is 35.5. The number of carboxylic acids is 1. The lowest BCUT2D eigenvalue weighted by atomic mass is 10.3. The largest absolute Gasteiger partial charge is 0.484 e. The molecular weight excluding hydrogens is 314 g/mol. The summed E-state index contributed by atoms with van der Waals surface area (Å²) in [5.74, 6) is 0.195. The predicted molar refractivity (Wildman–Crippen MR) is 79.7 cm³/mol. The highest BCUT2D eigenvalue weighted by Crippen LogP contribution is 2.25. The molecule has 1 heterocycles. The van der Waals surface area contributed by atoms with Crippen LogP contribution in [0.2, 0.25) is 5.02 Å². The number of aromatic amines is 1. The van der Waals surface area contributed by atoms with Crippen LogP contribution in [0.25, 0.3) is 0 Å². The van der Waals surface area contributed by atoms with Crippen LogP contribution in [0.4, 0.5) is 0 Å². The Kier molecular flexibility index (Phi) is 5.46. The summed E-state index contributed by atoms with van der Waals surface area (Å²) in [6.07, 6.45) is 0.500. The van der Waals surface area contributed by atoms with E-state index < -0.39 is 11.2 Å². The first-order valence-corrected chi connectivity index (χ1v) is 7.54. The molecule has 112 valence electrons. The number of thioether (sulfide) groups is 1. The van der Waals surface area contributed by atoms with Crippen LogP contribution in [0.5, 0.6) is 5.75 Å². The summed E-state index contributed by atoms with van der Waals surface area (Å²) in [6, 6.07) is 7.12. The number of benzene rings is 1. The van der Waals surface area contributed by atoms with E-state index in [0.29, 0.717) is 28.2 Å². The maximum Gasteiger partial charge on any atom is 0.317 e. The number of carbonyl (C=O) groups is 1. The van der Waals surface area contributed by atoms with Crippen LogP contribution in [0.1, 0.15) is 19.2 Å². The minimum Gasteiger partial charge on any atom is -0.484 e. The zero-order valence-electron chi connectivity index (χ0n) is 11.2. The van der Waals surface area contributed by atoms with Gasteiger partial charge in [0.25, 0.3) is 0 Å². The molecule has 0 bridgehead atoms. The summed E-state index contributed by atoms with van der Waals surface area (Å²) in [7, 11) is 0. The van der Waals surface area contributed by atoms with Gasteiger partial charge in [-0.25, -0.2) is 4.98 Å². The first kappa shape index (κ1) is 15.7. The number of halogens is 1. The van der Waals surface area contributed by atoms with Gasteiger partial charge in [-0.15, -0.1) is 5.10 Å². The number of H-pyrrole nitrogens is 1. The van der Waals surface area contributed by atoms with Crippen molar-refractivity contribution >= 4 is 29.3 Å². The molecule has 0 unspecified atom stereocenters. The van der Waals surface area contributed by atoms with E-state index in [4.69, 9.17) is 21.4 Å².